The molecule has 6 heteroatoms. The molecule has 0 aromatic rings. The molecule has 0 aliphatic heterocycles. The SMILES string of the molecule is CCCC(C(=O)N(C)CC1(O)CCCC1)C(N)=NO. The van der Waals surface area contributed by atoms with E-state index in [0.29, 0.717) is 13.0 Å². The number of oxime groups is 1. The highest BCUT2D eigenvalue weighted by atomic mass is 16.4. The smallest absolute Gasteiger partial charge is 0.233 e. The molecule has 0 saturated heterocycles. The van der Waals surface area contributed by atoms with Crippen LogP contribution in [0, 0.1) is 5.92 Å². The molecule has 1 fully saturated rings. The molecule has 6 nitrogen and oxygen atoms in total. The fourth-order valence-corrected chi connectivity index (χ4v) is 2.73. The van der Waals surface area contributed by atoms with Gasteiger partial charge in [-0.1, -0.05) is 31.3 Å². The summed E-state index contributed by atoms with van der Waals surface area (Å²) in [5.74, 6) is -0.861. The van der Waals surface area contributed by atoms with E-state index in [2.05, 4.69) is 5.16 Å². The molecule has 0 heterocycles. The van der Waals surface area contributed by atoms with Crippen molar-refractivity contribution in [2.45, 2.75) is 51.0 Å². The Morgan fingerprint density at radius 1 is 1.47 bits per heavy atom. The third kappa shape index (κ3) is 4.09. The van der Waals surface area contributed by atoms with Crippen molar-refractivity contribution in [3.05, 3.63) is 0 Å². The van der Waals surface area contributed by atoms with Gasteiger partial charge in [-0.2, -0.15) is 0 Å². The Bertz CT molecular complexity index is 338. The van der Waals surface area contributed by atoms with E-state index in [1.54, 1.807) is 7.05 Å². The quantitative estimate of drug-likeness (QED) is 0.289. The average Bonchev–Trinajstić information content (AvgIpc) is 2.80. The minimum Gasteiger partial charge on any atom is -0.409 e. The zero-order valence-electron chi connectivity index (χ0n) is 11.8. The third-order valence-corrected chi connectivity index (χ3v) is 3.79. The first-order valence-corrected chi connectivity index (χ1v) is 6.88. The van der Waals surface area contributed by atoms with E-state index in [9.17, 15) is 9.90 Å². The van der Waals surface area contributed by atoms with Crippen molar-refractivity contribution in [2.75, 3.05) is 13.6 Å². The number of rotatable bonds is 6. The van der Waals surface area contributed by atoms with Gasteiger partial charge in [0.15, 0.2) is 5.84 Å². The predicted molar refractivity (Wildman–Crippen MR) is 72.9 cm³/mol. The topological polar surface area (TPSA) is 99.2 Å². The zero-order chi connectivity index (χ0) is 14.5. The average molecular weight is 271 g/mol. The summed E-state index contributed by atoms with van der Waals surface area (Å²) in [6, 6.07) is 0. The van der Waals surface area contributed by atoms with E-state index < -0.39 is 11.5 Å². The number of amidine groups is 1. The number of amides is 1. The van der Waals surface area contributed by atoms with Crippen LogP contribution in [0.3, 0.4) is 0 Å². The number of carbonyl (C=O) groups excluding carboxylic acids is 1. The summed E-state index contributed by atoms with van der Waals surface area (Å²) in [6.07, 6.45) is 4.76. The number of hydrogen-bond donors (Lipinski definition) is 3. The van der Waals surface area contributed by atoms with Gasteiger partial charge < -0.3 is 20.9 Å². The minimum atomic E-state index is -0.772. The largest absolute Gasteiger partial charge is 0.409 e. The fourth-order valence-electron chi connectivity index (χ4n) is 2.73. The van der Waals surface area contributed by atoms with Crippen LogP contribution < -0.4 is 5.73 Å². The van der Waals surface area contributed by atoms with E-state index in [-0.39, 0.29) is 11.7 Å². The molecule has 1 aliphatic carbocycles. The molecular formula is C13H25N3O3. The maximum Gasteiger partial charge on any atom is 0.233 e. The van der Waals surface area contributed by atoms with Gasteiger partial charge in [0.05, 0.1) is 11.5 Å². The van der Waals surface area contributed by atoms with Crippen LogP contribution in [0.2, 0.25) is 0 Å². The standard InChI is InChI=1S/C13H25N3O3/c1-3-6-10(11(14)15-19)12(17)16(2)9-13(18)7-4-5-8-13/h10,18-19H,3-9H2,1-2H3,(H2,14,15). The lowest BCUT2D eigenvalue weighted by Gasteiger charge is -2.30. The van der Waals surface area contributed by atoms with E-state index in [0.717, 1.165) is 32.1 Å². The van der Waals surface area contributed by atoms with E-state index in [4.69, 9.17) is 10.9 Å². The van der Waals surface area contributed by atoms with Gasteiger partial charge in [0.25, 0.3) is 0 Å². The second-order valence-corrected chi connectivity index (χ2v) is 5.49. The number of likely N-dealkylation sites (N-methyl/N-ethyl adjacent to an activating group) is 1. The van der Waals surface area contributed by atoms with Crippen molar-refractivity contribution in [1.29, 1.82) is 0 Å². The van der Waals surface area contributed by atoms with Crippen molar-refractivity contribution < 1.29 is 15.1 Å². The summed E-state index contributed by atoms with van der Waals surface area (Å²) in [5.41, 5.74) is 4.80. The molecule has 1 rings (SSSR count). The molecule has 1 unspecified atom stereocenters. The highest BCUT2D eigenvalue weighted by Gasteiger charge is 2.35. The highest BCUT2D eigenvalue weighted by molar-refractivity contribution is 6.01. The van der Waals surface area contributed by atoms with Crippen LogP contribution in [-0.2, 0) is 4.79 Å². The number of nitrogens with two attached hydrogens (primary N) is 1. The molecule has 1 amide bonds. The summed E-state index contributed by atoms with van der Waals surface area (Å²) in [5, 5.41) is 22.0. The molecule has 0 bridgehead atoms. The van der Waals surface area contributed by atoms with Gasteiger partial charge in [0.1, 0.15) is 0 Å². The van der Waals surface area contributed by atoms with Crippen LogP contribution >= 0.6 is 0 Å². The Hall–Kier alpha value is -1.30. The van der Waals surface area contributed by atoms with Crippen LogP contribution in [0.25, 0.3) is 0 Å². The Balaban J connectivity index is 2.67. The van der Waals surface area contributed by atoms with Gasteiger partial charge >= 0.3 is 0 Å². The first-order chi connectivity index (χ1) is 8.93. The van der Waals surface area contributed by atoms with Gasteiger partial charge in [0, 0.05) is 13.6 Å². The Kier molecular flexibility index (Phi) is 5.60. The second kappa shape index (κ2) is 6.75. The summed E-state index contributed by atoms with van der Waals surface area (Å²) in [4.78, 5) is 13.8. The molecule has 19 heavy (non-hydrogen) atoms. The third-order valence-electron chi connectivity index (χ3n) is 3.79. The number of hydrogen-bond acceptors (Lipinski definition) is 4. The summed E-state index contributed by atoms with van der Waals surface area (Å²) in [6.45, 7) is 2.25. The van der Waals surface area contributed by atoms with E-state index in [1.807, 2.05) is 6.92 Å². The molecule has 0 radical (unpaired) electrons. The first-order valence-electron chi connectivity index (χ1n) is 6.88. The second-order valence-electron chi connectivity index (χ2n) is 5.49. The Labute approximate surface area is 114 Å². The van der Waals surface area contributed by atoms with Crippen molar-refractivity contribution in [3.63, 3.8) is 0 Å². The lowest BCUT2D eigenvalue weighted by Crippen LogP contribution is -2.46. The minimum absolute atomic E-state index is 0.0582. The normalized spacial score (nSPS) is 20.3. The van der Waals surface area contributed by atoms with Gasteiger partial charge in [0.2, 0.25) is 5.91 Å². The van der Waals surface area contributed by atoms with Crippen LogP contribution in [-0.4, -0.2) is 46.1 Å². The van der Waals surface area contributed by atoms with Crippen molar-refractivity contribution >= 4 is 11.7 Å². The summed E-state index contributed by atoms with van der Waals surface area (Å²) >= 11 is 0. The maximum atomic E-state index is 12.3. The predicted octanol–water partition coefficient (Wildman–Crippen LogP) is 0.913. The molecule has 1 aliphatic rings. The lowest BCUT2D eigenvalue weighted by molar-refractivity contribution is -0.135. The number of carbonyl (C=O) groups is 1. The number of aliphatic hydroxyl groups is 1. The molecule has 0 aromatic carbocycles. The van der Waals surface area contributed by atoms with Crippen LogP contribution in [0.5, 0.6) is 0 Å². The summed E-state index contributed by atoms with van der Waals surface area (Å²) < 4.78 is 0. The molecule has 1 atom stereocenters. The zero-order valence-corrected chi connectivity index (χ0v) is 11.8. The van der Waals surface area contributed by atoms with Gasteiger partial charge in [-0.25, -0.2) is 0 Å². The molecule has 110 valence electrons. The van der Waals surface area contributed by atoms with E-state index >= 15 is 0 Å². The van der Waals surface area contributed by atoms with Crippen LogP contribution in [0.15, 0.2) is 5.16 Å². The van der Waals surface area contributed by atoms with Gasteiger partial charge in [-0.15, -0.1) is 0 Å². The molecule has 1 saturated carbocycles. The molecular weight excluding hydrogens is 246 g/mol. The van der Waals surface area contributed by atoms with Gasteiger partial charge in [-0.3, -0.25) is 4.79 Å². The fraction of sp³-hybridized carbons (Fsp3) is 0.846. The Morgan fingerprint density at radius 2 is 2.05 bits per heavy atom. The maximum absolute atomic E-state index is 12.3. The molecule has 0 aromatic heterocycles. The van der Waals surface area contributed by atoms with E-state index in [1.165, 1.54) is 4.90 Å². The Morgan fingerprint density at radius 3 is 2.53 bits per heavy atom. The first kappa shape index (κ1) is 15.8. The van der Waals surface area contributed by atoms with Crippen molar-refractivity contribution in [3.8, 4) is 0 Å². The molecule has 4 N–H and O–H groups in total. The highest BCUT2D eigenvalue weighted by Crippen LogP contribution is 2.30. The molecule has 0 spiro atoms. The van der Waals surface area contributed by atoms with Crippen LogP contribution in [0.4, 0.5) is 0 Å². The monoisotopic (exact) mass is 271 g/mol. The van der Waals surface area contributed by atoms with Crippen molar-refractivity contribution in [1.82, 2.24) is 4.90 Å². The van der Waals surface area contributed by atoms with Gasteiger partial charge in [-0.05, 0) is 19.3 Å². The lowest BCUT2D eigenvalue weighted by atomic mass is 9.98. The van der Waals surface area contributed by atoms with Crippen LogP contribution in [0.1, 0.15) is 45.4 Å². The van der Waals surface area contributed by atoms with Crippen molar-refractivity contribution in [2.24, 2.45) is 16.8 Å². The number of nitrogens with zero attached hydrogens (tertiary/aromatic N) is 2. The summed E-state index contributed by atoms with van der Waals surface area (Å²) in [7, 11) is 1.66.